The highest BCUT2D eigenvalue weighted by Crippen LogP contribution is 2.40. The van der Waals surface area contributed by atoms with Gasteiger partial charge >= 0.3 is 11.9 Å². The lowest BCUT2D eigenvalue weighted by atomic mass is 9.87. The number of carboxylic acids is 2. The molecule has 0 radical (unpaired) electrons. The van der Waals surface area contributed by atoms with Crippen LogP contribution in [0.4, 0.5) is 0 Å². The smallest absolute Gasteiger partial charge is 0.335 e. The van der Waals surface area contributed by atoms with Gasteiger partial charge in [0.25, 0.3) is 0 Å². The third kappa shape index (κ3) is 5.28. The Morgan fingerprint density at radius 1 is 1.22 bits per heavy atom. The van der Waals surface area contributed by atoms with E-state index in [1.807, 2.05) is 0 Å². The molecule has 2 saturated heterocycles. The van der Waals surface area contributed by atoms with Gasteiger partial charge in [-0.2, -0.15) is 0 Å². The summed E-state index contributed by atoms with van der Waals surface area (Å²) in [7, 11) is 2.18. The Morgan fingerprint density at radius 3 is 1.96 bits per heavy atom. The number of carbonyl (C=O) groups is 2. The van der Waals surface area contributed by atoms with Crippen LogP contribution in [-0.4, -0.2) is 81.3 Å². The highest BCUT2D eigenvalue weighted by atomic mass is 16.5. The molecule has 2 aliphatic rings. The molecule has 0 amide bonds. The standard InChI is InChI=1S/C11H19NO.C4H6O6/c1-9-8-11(13-10(9)2)4-6-12(3)7-5-11;5-1(3(7)8)2(6)4(9)10/h10H,1,4-8H2,2-3H3;1-2,5-6H,(H,7,8)(H,9,10)/t10-;/m1./s1. The SMILES string of the molecule is C=C1CC2(CCN(C)CC2)O[C@@H]1C.O=C(O)C(O)C(O)C(=O)O. The first-order valence-corrected chi connectivity index (χ1v) is 7.44. The molecule has 0 bridgehead atoms. The van der Waals surface area contributed by atoms with Crippen molar-refractivity contribution in [3.63, 3.8) is 0 Å². The van der Waals surface area contributed by atoms with Gasteiger partial charge in [0.05, 0.1) is 11.7 Å². The monoisotopic (exact) mass is 331 g/mol. The van der Waals surface area contributed by atoms with E-state index in [4.69, 9.17) is 25.2 Å². The van der Waals surface area contributed by atoms with E-state index in [0.717, 1.165) is 6.42 Å². The van der Waals surface area contributed by atoms with Gasteiger partial charge in [0, 0.05) is 13.1 Å². The van der Waals surface area contributed by atoms with Gasteiger partial charge in [-0.05, 0) is 38.8 Å². The first-order chi connectivity index (χ1) is 10.6. The fourth-order valence-electron chi connectivity index (χ4n) is 2.65. The molecule has 2 heterocycles. The summed E-state index contributed by atoms with van der Waals surface area (Å²) in [5.74, 6) is -3.54. The highest BCUT2D eigenvalue weighted by Gasteiger charge is 2.42. The number of carboxylic acid groups (broad SMARTS) is 2. The lowest BCUT2D eigenvalue weighted by Crippen LogP contribution is -2.42. The Kier molecular flexibility index (Phi) is 6.69. The Balaban J connectivity index is 0.000000241. The van der Waals surface area contributed by atoms with Gasteiger partial charge < -0.3 is 30.1 Å². The van der Waals surface area contributed by atoms with Crippen molar-refractivity contribution in [2.24, 2.45) is 0 Å². The van der Waals surface area contributed by atoms with Gasteiger partial charge in [-0.1, -0.05) is 6.58 Å². The van der Waals surface area contributed by atoms with Gasteiger partial charge in [-0.25, -0.2) is 9.59 Å². The summed E-state index contributed by atoms with van der Waals surface area (Å²) in [6, 6.07) is 0. The second-order valence-corrected chi connectivity index (χ2v) is 6.15. The van der Waals surface area contributed by atoms with Crippen LogP contribution in [0.15, 0.2) is 12.2 Å². The highest BCUT2D eigenvalue weighted by molar-refractivity contribution is 5.83. The molecule has 4 N–H and O–H groups in total. The van der Waals surface area contributed by atoms with E-state index in [9.17, 15) is 9.59 Å². The second kappa shape index (κ2) is 7.87. The van der Waals surface area contributed by atoms with Gasteiger partial charge in [0.1, 0.15) is 0 Å². The molecule has 2 unspecified atom stereocenters. The Bertz CT molecular complexity index is 439. The van der Waals surface area contributed by atoms with Crippen molar-refractivity contribution in [1.29, 1.82) is 0 Å². The lowest BCUT2D eigenvalue weighted by Gasteiger charge is -2.37. The summed E-state index contributed by atoms with van der Waals surface area (Å²) in [5.41, 5.74) is 1.44. The van der Waals surface area contributed by atoms with Gasteiger partial charge in [0.15, 0.2) is 12.2 Å². The number of hydrogen-bond acceptors (Lipinski definition) is 6. The van der Waals surface area contributed by atoms with Gasteiger partial charge in [-0.3, -0.25) is 0 Å². The number of aliphatic hydroxyl groups excluding tert-OH is 2. The Morgan fingerprint density at radius 2 is 1.65 bits per heavy atom. The quantitative estimate of drug-likeness (QED) is 0.519. The summed E-state index contributed by atoms with van der Waals surface area (Å²) >= 11 is 0. The number of piperidine rings is 1. The lowest BCUT2D eigenvalue weighted by molar-refractivity contribution is -0.165. The molecule has 3 atom stereocenters. The van der Waals surface area contributed by atoms with Crippen LogP contribution in [0.5, 0.6) is 0 Å². The molecule has 2 rings (SSSR count). The summed E-state index contributed by atoms with van der Waals surface area (Å²) in [6.45, 7) is 8.52. The predicted octanol–water partition coefficient (Wildman–Crippen LogP) is -0.307. The molecular weight excluding hydrogens is 306 g/mol. The molecule has 8 nitrogen and oxygen atoms in total. The summed E-state index contributed by atoms with van der Waals surface area (Å²) in [4.78, 5) is 21.9. The molecule has 23 heavy (non-hydrogen) atoms. The van der Waals surface area contributed by atoms with E-state index in [0.29, 0.717) is 0 Å². The van der Waals surface area contributed by atoms with Crippen LogP contribution in [-0.2, 0) is 14.3 Å². The van der Waals surface area contributed by atoms with Crippen LogP contribution in [0.2, 0.25) is 0 Å². The normalized spacial score (nSPS) is 26.3. The fraction of sp³-hybridized carbons (Fsp3) is 0.733. The van der Waals surface area contributed by atoms with Crippen LogP contribution in [0.25, 0.3) is 0 Å². The Labute approximate surface area is 135 Å². The van der Waals surface area contributed by atoms with E-state index in [1.54, 1.807) is 0 Å². The largest absolute Gasteiger partial charge is 0.479 e. The van der Waals surface area contributed by atoms with E-state index in [2.05, 4.69) is 25.5 Å². The van der Waals surface area contributed by atoms with Gasteiger partial charge in [-0.15, -0.1) is 0 Å². The topological polar surface area (TPSA) is 128 Å². The number of nitrogens with zero attached hydrogens (tertiary/aromatic N) is 1. The van der Waals surface area contributed by atoms with Gasteiger partial charge in [0.2, 0.25) is 0 Å². The van der Waals surface area contributed by atoms with Crippen LogP contribution >= 0.6 is 0 Å². The number of ether oxygens (including phenoxy) is 1. The summed E-state index contributed by atoms with van der Waals surface area (Å²) < 4.78 is 6.02. The van der Waals surface area contributed by atoms with E-state index in [1.165, 1.54) is 31.5 Å². The molecule has 0 saturated carbocycles. The summed E-state index contributed by atoms with van der Waals surface area (Å²) in [6.07, 6.45) is -0.819. The molecule has 0 aromatic rings. The zero-order valence-corrected chi connectivity index (χ0v) is 13.4. The third-order valence-electron chi connectivity index (χ3n) is 4.25. The average molecular weight is 331 g/mol. The molecule has 0 aromatic carbocycles. The van der Waals surface area contributed by atoms with Crippen molar-refractivity contribution in [3.8, 4) is 0 Å². The third-order valence-corrected chi connectivity index (χ3v) is 4.25. The molecule has 2 fully saturated rings. The molecule has 2 aliphatic heterocycles. The minimum absolute atomic E-state index is 0.156. The van der Waals surface area contributed by atoms with Crippen molar-refractivity contribution in [2.75, 3.05) is 20.1 Å². The van der Waals surface area contributed by atoms with Crippen molar-refractivity contribution >= 4 is 11.9 Å². The minimum Gasteiger partial charge on any atom is -0.479 e. The van der Waals surface area contributed by atoms with Crippen molar-refractivity contribution in [1.82, 2.24) is 4.90 Å². The minimum atomic E-state index is -2.27. The van der Waals surface area contributed by atoms with Crippen LogP contribution < -0.4 is 0 Å². The molecule has 132 valence electrons. The Hall–Kier alpha value is -1.48. The molecular formula is C15H25NO7. The number of aliphatic hydroxyl groups is 2. The van der Waals surface area contributed by atoms with E-state index in [-0.39, 0.29) is 11.7 Å². The first-order valence-electron chi connectivity index (χ1n) is 7.44. The zero-order chi connectivity index (χ0) is 17.8. The fourth-order valence-corrected chi connectivity index (χ4v) is 2.65. The number of likely N-dealkylation sites (tertiary alicyclic amines) is 1. The van der Waals surface area contributed by atoms with Crippen molar-refractivity contribution in [2.45, 2.75) is 50.1 Å². The summed E-state index contributed by atoms with van der Waals surface area (Å²) in [5, 5.41) is 32.5. The molecule has 0 aliphatic carbocycles. The second-order valence-electron chi connectivity index (χ2n) is 6.15. The van der Waals surface area contributed by atoms with E-state index >= 15 is 0 Å². The number of hydrogen-bond donors (Lipinski definition) is 4. The van der Waals surface area contributed by atoms with Crippen molar-refractivity contribution in [3.05, 3.63) is 12.2 Å². The number of rotatable bonds is 3. The average Bonchev–Trinajstić information content (AvgIpc) is 2.76. The van der Waals surface area contributed by atoms with E-state index < -0.39 is 24.1 Å². The first kappa shape index (κ1) is 19.6. The number of aliphatic carboxylic acids is 2. The van der Waals surface area contributed by atoms with Crippen LogP contribution in [0, 0.1) is 0 Å². The van der Waals surface area contributed by atoms with Crippen LogP contribution in [0.1, 0.15) is 26.2 Å². The maximum atomic E-state index is 9.77. The molecule has 1 spiro atoms. The molecule has 8 heteroatoms. The predicted molar refractivity (Wildman–Crippen MR) is 81.1 cm³/mol. The maximum Gasteiger partial charge on any atom is 0.335 e. The van der Waals surface area contributed by atoms with Crippen LogP contribution in [0.3, 0.4) is 0 Å². The van der Waals surface area contributed by atoms with Crippen molar-refractivity contribution < 1.29 is 34.8 Å². The zero-order valence-electron chi connectivity index (χ0n) is 13.4. The molecule has 0 aromatic heterocycles. The maximum absolute atomic E-state index is 9.77.